The molecule has 0 saturated carbocycles. The van der Waals surface area contributed by atoms with Crippen LogP contribution < -0.4 is 15.8 Å². The standard InChI is InChI=1S/C15H15N3O3/c1-20-11-6-4-10(5-7-11)9-15(12-3-2-8-21-12)13(19)17-14(16)18-15/h2-8H,9H2,1H3,(H3,16,17,18,19)/t15-/m0/s1. The number of hydrogen-bond donors (Lipinski definition) is 2. The van der Waals surface area contributed by atoms with Gasteiger partial charge < -0.3 is 14.9 Å². The molecule has 1 aliphatic heterocycles. The van der Waals surface area contributed by atoms with Gasteiger partial charge in [-0.25, -0.2) is 4.99 Å². The van der Waals surface area contributed by atoms with Crippen molar-refractivity contribution in [2.45, 2.75) is 12.0 Å². The number of rotatable bonds is 4. The average Bonchev–Trinajstić information content (AvgIpc) is 3.09. The Kier molecular flexibility index (Phi) is 3.13. The van der Waals surface area contributed by atoms with Crippen molar-refractivity contribution >= 4 is 11.9 Å². The first-order valence-electron chi connectivity index (χ1n) is 6.48. The van der Waals surface area contributed by atoms with Crippen molar-refractivity contribution in [2.24, 2.45) is 10.7 Å². The molecule has 6 heteroatoms. The Morgan fingerprint density at radius 1 is 1.33 bits per heavy atom. The first-order chi connectivity index (χ1) is 10.1. The van der Waals surface area contributed by atoms with Crippen molar-refractivity contribution < 1.29 is 13.9 Å². The van der Waals surface area contributed by atoms with Gasteiger partial charge in [0.05, 0.1) is 13.4 Å². The average molecular weight is 285 g/mol. The monoisotopic (exact) mass is 285 g/mol. The molecule has 2 heterocycles. The molecule has 0 radical (unpaired) electrons. The number of guanidine groups is 1. The van der Waals surface area contributed by atoms with E-state index < -0.39 is 5.54 Å². The van der Waals surface area contributed by atoms with E-state index >= 15 is 0 Å². The molecule has 6 nitrogen and oxygen atoms in total. The third-order valence-corrected chi connectivity index (χ3v) is 3.48. The molecule has 1 aromatic heterocycles. The molecule has 0 saturated heterocycles. The number of amides is 1. The normalized spacial score (nSPS) is 21.0. The molecular weight excluding hydrogens is 270 g/mol. The number of nitrogens with two attached hydrogens (primary N) is 1. The SMILES string of the molecule is COc1ccc(C[C@@]2(c3ccco3)N=C(N)NC2=O)cc1. The minimum absolute atomic E-state index is 0.102. The molecule has 108 valence electrons. The van der Waals surface area contributed by atoms with Gasteiger partial charge in [-0.1, -0.05) is 12.1 Å². The number of nitrogens with one attached hydrogen (secondary N) is 1. The molecule has 1 amide bonds. The highest BCUT2D eigenvalue weighted by Crippen LogP contribution is 2.33. The molecule has 1 aliphatic rings. The van der Waals surface area contributed by atoms with Crippen LogP contribution in [0.25, 0.3) is 0 Å². The zero-order valence-electron chi connectivity index (χ0n) is 11.5. The molecule has 0 fully saturated rings. The van der Waals surface area contributed by atoms with Gasteiger partial charge in [0.1, 0.15) is 11.5 Å². The molecule has 0 unspecified atom stereocenters. The Labute approximate surface area is 121 Å². The Bertz CT molecular complexity index is 677. The topological polar surface area (TPSA) is 89.8 Å². The predicted molar refractivity (Wildman–Crippen MR) is 76.8 cm³/mol. The van der Waals surface area contributed by atoms with Gasteiger partial charge in [0.15, 0.2) is 5.96 Å². The summed E-state index contributed by atoms with van der Waals surface area (Å²) >= 11 is 0. The van der Waals surface area contributed by atoms with Gasteiger partial charge in [0.25, 0.3) is 5.91 Å². The van der Waals surface area contributed by atoms with E-state index in [2.05, 4.69) is 10.3 Å². The second-order valence-electron chi connectivity index (χ2n) is 4.81. The van der Waals surface area contributed by atoms with Crippen LogP contribution in [-0.2, 0) is 16.8 Å². The van der Waals surface area contributed by atoms with Crippen LogP contribution in [0.3, 0.4) is 0 Å². The summed E-state index contributed by atoms with van der Waals surface area (Å²) in [5.74, 6) is 1.04. The lowest BCUT2D eigenvalue weighted by molar-refractivity contribution is -0.124. The van der Waals surface area contributed by atoms with Gasteiger partial charge in [-0.15, -0.1) is 0 Å². The van der Waals surface area contributed by atoms with Crippen LogP contribution in [0, 0.1) is 0 Å². The van der Waals surface area contributed by atoms with E-state index in [0.717, 1.165) is 11.3 Å². The lowest BCUT2D eigenvalue weighted by Gasteiger charge is -2.21. The number of furan rings is 1. The smallest absolute Gasteiger partial charge is 0.262 e. The van der Waals surface area contributed by atoms with E-state index in [1.807, 2.05) is 24.3 Å². The maximum Gasteiger partial charge on any atom is 0.262 e. The molecule has 21 heavy (non-hydrogen) atoms. The maximum atomic E-state index is 12.3. The summed E-state index contributed by atoms with van der Waals surface area (Å²) in [6.45, 7) is 0. The highest BCUT2D eigenvalue weighted by atomic mass is 16.5. The first kappa shape index (κ1) is 13.2. The number of ether oxygens (including phenoxy) is 1. The first-order valence-corrected chi connectivity index (χ1v) is 6.48. The largest absolute Gasteiger partial charge is 0.497 e. The molecule has 3 rings (SSSR count). The Morgan fingerprint density at radius 3 is 2.62 bits per heavy atom. The third kappa shape index (κ3) is 2.24. The van der Waals surface area contributed by atoms with E-state index in [9.17, 15) is 4.79 Å². The molecule has 1 aromatic carbocycles. The number of aliphatic imine (C=N–C) groups is 1. The van der Waals surface area contributed by atoms with Crippen LogP contribution >= 0.6 is 0 Å². The van der Waals surface area contributed by atoms with Crippen molar-refractivity contribution in [3.63, 3.8) is 0 Å². The lowest BCUT2D eigenvalue weighted by Crippen LogP contribution is -2.40. The fraction of sp³-hybridized carbons (Fsp3) is 0.200. The van der Waals surface area contributed by atoms with Crippen LogP contribution in [0.1, 0.15) is 11.3 Å². The minimum Gasteiger partial charge on any atom is -0.497 e. The molecule has 0 spiro atoms. The summed E-state index contributed by atoms with van der Waals surface area (Å²) in [6.07, 6.45) is 1.87. The maximum absolute atomic E-state index is 12.3. The second-order valence-corrected chi connectivity index (χ2v) is 4.81. The molecule has 1 atom stereocenters. The Morgan fingerprint density at radius 2 is 2.10 bits per heavy atom. The third-order valence-electron chi connectivity index (χ3n) is 3.48. The highest BCUT2D eigenvalue weighted by molar-refractivity contribution is 6.07. The molecule has 0 bridgehead atoms. The molecular formula is C15H15N3O3. The van der Waals surface area contributed by atoms with Crippen LogP contribution in [0.5, 0.6) is 5.75 Å². The van der Waals surface area contributed by atoms with E-state index in [-0.39, 0.29) is 11.9 Å². The van der Waals surface area contributed by atoms with Crippen LogP contribution in [0.2, 0.25) is 0 Å². The zero-order chi connectivity index (χ0) is 14.9. The summed E-state index contributed by atoms with van der Waals surface area (Å²) in [6, 6.07) is 10.9. The number of carbonyl (C=O) groups excluding carboxylic acids is 1. The van der Waals surface area contributed by atoms with Gasteiger partial charge in [-0.05, 0) is 29.8 Å². The Hall–Kier alpha value is -2.76. The lowest BCUT2D eigenvalue weighted by atomic mass is 9.88. The summed E-state index contributed by atoms with van der Waals surface area (Å²) in [4.78, 5) is 16.6. The van der Waals surface area contributed by atoms with Crippen molar-refractivity contribution in [1.29, 1.82) is 0 Å². The number of benzene rings is 1. The molecule has 3 N–H and O–H groups in total. The van der Waals surface area contributed by atoms with Crippen LogP contribution in [-0.4, -0.2) is 19.0 Å². The number of nitrogens with zero attached hydrogens (tertiary/aromatic N) is 1. The second kappa shape index (κ2) is 4.97. The fourth-order valence-electron chi connectivity index (χ4n) is 2.43. The van der Waals surface area contributed by atoms with Gasteiger partial charge in [-0.3, -0.25) is 10.1 Å². The van der Waals surface area contributed by atoms with Gasteiger partial charge in [0.2, 0.25) is 5.54 Å². The van der Waals surface area contributed by atoms with Crippen molar-refractivity contribution in [3.05, 3.63) is 54.0 Å². The number of methoxy groups -OCH3 is 1. The van der Waals surface area contributed by atoms with Crippen molar-refractivity contribution in [3.8, 4) is 5.75 Å². The van der Waals surface area contributed by atoms with Crippen molar-refractivity contribution in [2.75, 3.05) is 7.11 Å². The number of hydrogen-bond acceptors (Lipinski definition) is 5. The highest BCUT2D eigenvalue weighted by Gasteiger charge is 2.47. The Balaban J connectivity index is 1.99. The van der Waals surface area contributed by atoms with E-state index in [1.54, 1.807) is 19.2 Å². The van der Waals surface area contributed by atoms with Crippen LogP contribution in [0.15, 0.2) is 52.1 Å². The van der Waals surface area contributed by atoms with E-state index in [4.69, 9.17) is 14.9 Å². The van der Waals surface area contributed by atoms with Gasteiger partial charge in [-0.2, -0.15) is 0 Å². The van der Waals surface area contributed by atoms with E-state index in [0.29, 0.717) is 12.2 Å². The van der Waals surface area contributed by atoms with Crippen LogP contribution in [0.4, 0.5) is 0 Å². The predicted octanol–water partition coefficient (Wildman–Crippen LogP) is 1.17. The fourth-order valence-corrected chi connectivity index (χ4v) is 2.43. The van der Waals surface area contributed by atoms with E-state index in [1.165, 1.54) is 6.26 Å². The molecule has 0 aliphatic carbocycles. The zero-order valence-corrected chi connectivity index (χ0v) is 11.5. The summed E-state index contributed by atoms with van der Waals surface area (Å²) in [5, 5.41) is 2.54. The number of carbonyl (C=O) groups is 1. The quantitative estimate of drug-likeness (QED) is 0.882. The van der Waals surface area contributed by atoms with Gasteiger partial charge in [0, 0.05) is 6.42 Å². The van der Waals surface area contributed by atoms with Crippen molar-refractivity contribution in [1.82, 2.24) is 5.32 Å². The summed E-state index contributed by atoms with van der Waals surface area (Å²) in [7, 11) is 1.61. The minimum atomic E-state index is -1.15. The summed E-state index contributed by atoms with van der Waals surface area (Å²) in [5.41, 5.74) is 5.44. The summed E-state index contributed by atoms with van der Waals surface area (Å²) < 4.78 is 10.5. The van der Waals surface area contributed by atoms with Gasteiger partial charge >= 0.3 is 0 Å². The molecule has 2 aromatic rings.